The predicted octanol–water partition coefficient (Wildman–Crippen LogP) is 1.25. The monoisotopic (exact) mass is 179 g/mol. The first-order chi connectivity index (χ1) is 6.33. The van der Waals surface area contributed by atoms with Crippen molar-refractivity contribution < 1.29 is 0 Å². The molecule has 0 amide bonds. The van der Waals surface area contributed by atoms with Crippen LogP contribution in [-0.2, 0) is 19.5 Å². The predicted molar refractivity (Wildman–Crippen MR) is 52.7 cm³/mol. The number of aryl methyl sites for hydroxylation is 1. The largest absolute Gasteiger partial charge is 0.332 e. The Morgan fingerprint density at radius 2 is 2.31 bits per heavy atom. The van der Waals surface area contributed by atoms with Crippen molar-refractivity contribution >= 4 is 0 Å². The van der Waals surface area contributed by atoms with Gasteiger partial charge in [-0.15, -0.1) is 0 Å². The fourth-order valence-electron chi connectivity index (χ4n) is 2.12. The summed E-state index contributed by atoms with van der Waals surface area (Å²) in [4.78, 5) is 4.58. The van der Waals surface area contributed by atoms with Gasteiger partial charge in [0, 0.05) is 18.8 Å². The van der Waals surface area contributed by atoms with E-state index in [0.29, 0.717) is 0 Å². The van der Waals surface area contributed by atoms with E-state index >= 15 is 0 Å². The number of rotatable bonds is 2. The Morgan fingerprint density at radius 3 is 3.08 bits per heavy atom. The average molecular weight is 179 g/mol. The number of fused-ring (bicyclic) bond motifs is 1. The summed E-state index contributed by atoms with van der Waals surface area (Å²) in [6, 6.07) is 0. The quantitative estimate of drug-likeness (QED) is 0.740. The zero-order valence-corrected chi connectivity index (χ0v) is 8.43. The first kappa shape index (κ1) is 8.75. The summed E-state index contributed by atoms with van der Waals surface area (Å²) in [6.07, 6.45) is 3.84. The second-order valence-corrected chi connectivity index (χ2v) is 3.69. The number of hydrogen-bond acceptors (Lipinski definition) is 2. The van der Waals surface area contributed by atoms with Gasteiger partial charge in [-0.25, -0.2) is 4.98 Å². The van der Waals surface area contributed by atoms with Gasteiger partial charge in [0.25, 0.3) is 0 Å². The maximum atomic E-state index is 4.58. The van der Waals surface area contributed by atoms with Gasteiger partial charge in [-0.3, -0.25) is 0 Å². The molecule has 0 radical (unpaired) electrons. The molecule has 1 aliphatic heterocycles. The summed E-state index contributed by atoms with van der Waals surface area (Å²) in [5.41, 5.74) is 2.71. The van der Waals surface area contributed by atoms with Crippen LogP contribution in [0.15, 0.2) is 0 Å². The molecule has 2 heterocycles. The van der Waals surface area contributed by atoms with Gasteiger partial charge in [-0.05, 0) is 33.2 Å². The van der Waals surface area contributed by atoms with Crippen molar-refractivity contribution in [2.45, 2.75) is 39.3 Å². The van der Waals surface area contributed by atoms with Crippen LogP contribution in [0, 0.1) is 6.92 Å². The molecule has 0 fully saturated rings. The molecule has 0 spiro atoms. The van der Waals surface area contributed by atoms with Gasteiger partial charge in [0.15, 0.2) is 0 Å². The van der Waals surface area contributed by atoms with Crippen LogP contribution in [0.4, 0.5) is 0 Å². The standard InChI is InChI=1S/C10H17N3/c1-8-12-9(7-11-2)10-5-3-4-6-13(8)10/h11H,3-7H2,1-2H3. The van der Waals surface area contributed by atoms with Crippen molar-refractivity contribution in [1.29, 1.82) is 0 Å². The molecule has 3 nitrogen and oxygen atoms in total. The first-order valence-corrected chi connectivity index (χ1v) is 5.02. The molecule has 1 N–H and O–H groups in total. The van der Waals surface area contributed by atoms with E-state index in [-0.39, 0.29) is 0 Å². The van der Waals surface area contributed by atoms with Crippen LogP contribution >= 0.6 is 0 Å². The highest BCUT2D eigenvalue weighted by Crippen LogP contribution is 2.20. The van der Waals surface area contributed by atoms with Gasteiger partial charge in [0.05, 0.1) is 5.69 Å². The van der Waals surface area contributed by atoms with Crippen LogP contribution < -0.4 is 5.32 Å². The summed E-state index contributed by atoms with van der Waals surface area (Å²) in [7, 11) is 1.98. The summed E-state index contributed by atoms with van der Waals surface area (Å²) >= 11 is 0. The fraction of sp³-hybridized carbons (Fsp3) is 0.700. The van der Waals surface area contributed by atoms with E-state index in [1.807, 2.05) is 7.05 Å². The van der Waals surface area contributed by atoms with E-state index in [1.54, 1.807) is 0 Å². The highest BCUT2D eigenvalue weighted by atomic mass is 15.1. The lowest BCUT2D eigenvalue weighted by atomic mass is 10.1. The van der Waals surface area contributed by atoms with Crippen LogP contribution in [0.5, 0.6) is 0 Å². The van der Waals surface area contributed by atoms with Crippen molar-refractivity contribution in [3.63, 3.8) is 0 Å². The van der Waals surface area contributed by atoms with Gasteiger partial charge in [-0.2, -0.15) is 0 Å². The van der Waals surface area contributed by atoms with Crippen molar-refractivity contribution in [1.82, 2.24) is 14.9 Å². The number of nitrogens with one attached hydrogen (secondary N) is 1. The summed E-state index contributed by atoms with van der Waals surface area (Å²) in [5.74, 6) is 1.18. The minimum absolute atomic E-state index is 0.906. The lowest BCUT2D eigenvalue weighted by molar-refractivity contribution is 0.519. The first-order valence-electron chi connectivity index (χ1n) is 5.02. The molecule has 0 saturated carbocycles. The molecule has 13 heavy (non-hydrogen) atoms. The van der Waals surface area contributed by atoms with Crippen molar-refractivity contribution in [3.8, 4) is 0 Å². The third-order valence-corrected chi connectivity index (χ3v) is 2.74. The third-order valence-electron chi connectivity index (χ3n) is 2.74. The van der Waals surface area contributed by atoms with Gasteiger partial charge in [0.1, 0.15) is 5.82 Å². The SMILES string of the molecule is CNCc1nc(C)n2c1CCCC2. The van der Waals surface area contributed by atoms with Crippen LogP contribution in [-0.4, -0.2) is 16.6 Å². The zero-order valence-electron chi connectivity index (χ0n) is 8.43. The van der Waals surface area contributed by atoms with Gasteiger partial charge in [0.2, 0.25) is 0 Å². The third kappa shape index (κ3) is 1.48. The van der Waals surface area contributed by atoms with Crippen molar-refractivity contribution in [2.75, 3.05) is 7.05 Å². The second-order valence-electron chi connectivity index (χ2n) is 3.69. The summed E-state index contributed by atoms with van der Waals surface area (Å²) < 4.78 is 2.37. The van der Waals surface area contributed by atoms with Gasteiger partial charge in [-0.1, -0.05) is 0 Å². The summed E-state index contributed by atoms with van der Waals surface area (Å²) in [6.45, 7) is 4.18. The number of imidazole rings is 1. The van der Waals surface area contributed by atoms with E-state index in [9.17, 15) is 0 Å². The Morgan fingerprint density at radius 1 is 1.46 bits per heavy atom. The highest BCUT2D eigenvalue weighted by molar-refractivity contribution is 5.18. The Balaban J connectivity index is 2.36. The molecule has 0 atom stereocenters. The molecule has 1 aromatic rings. The van der Waals surface area contributed by atoms with Crippen LogP contribution in [0.25, 0.3) is 0 Å². The van der Waals surface area contributed by atoms with Crippen LogP contribution in [0.2, 0.25) is 0 Å². The average Bonchev–Trinajstić information content (AvgIpc) is 2.46. The minimum atomic E-state index is 0.906. The molecular formula is C10H17N3. The van der Waals surface area contributed by atoms with Crippen molar-refractivity contribution in [2.24, 2.45) is 0 Å². The van der Waals surface area contributed by atoms with Crippen LogP contribution in [0.3, 0.4) is 0 Å². The molecule has 0 aliphatic carbocycles. The lowest BCUT2D eigenvalue weighted by Crippen LogP contribution is -2.14. The van der Waals surface area contributed by atoms with E-state index in [1.165, 1.54) is 36.5 Å². The molecule has 1 aromatic heterocycles. The molecule has 0 aromatic carbocycles. The van der Waals surface area contributed by atoms with Crippen LogP contribution in [0.1, 0.15) is 30.1 Å². The van der Waals surface area contributed by atoms with Crippen molar-refractivity contribution in [3.05, 3.63) is 17.2 Å². The number of nitrogens with zero attached hydrogens (tertiary/aromatic N) is 2. The van der Waals surface area contributed by atoms with Gasteiger partial charge >= 0.3 is 0 Å². The Labute approximate surface area is 79.2 Å². The van der Waals surface area contributed by atoms with E-state index < -0.39 is 0 Å². The van der Waals surface area contributed by atoms with Gasteiger partial charge < -0.3 is 9.88 Å². The Kier molecular flexibility index (Phi) is 2.36. The maximum Gasteiger partial charge on any atom is 0.106 e. The lowest BCUT2D eigenvalue weighted by Gasteiger charge is -2.16. The van der Waals surface area contributed by atoms with E-state index in [4.69, 9.17) is 0 Å². The molecule has 1 aliphatic rings. The number of aromatic nitrogens is 2. The maximum absolute atomic E-state index is 4.58. The molecule has 0 bridgehead atoms. The normalized spacial score (nSPS) is 15.8. The molecule has 72 valence electrons. The molecular weight excluding hydrogens is 162 g/mol. The molecule has 0 unspecified atom stereocenters. The Hall–Kier alpha value is -0.830. The van der Waals surface area contributed by atoms with E-state index in [0.717, 1.165) is 13.1 Å². The minimum Gasteiger partial charge on any atom is -0.332 e. The zero-order chi connectivity index (χ0) is 9.26. The molecule has 0 saturated heterocycles. The topological polar surface area (TPSA) is 29.9 Å². The summed E-state index contributed by atoms with van der Waals surface area (Å²) in [5, 5.41) is 3.17. The number of hydrogen-bond donors (Lipinski definition) is 1. The molecule has 3 heteroatoms. The van der Waals surface area contributed by atoms with E-state index in [2.05, 4.69) is 21.8 Å². The second kappa shape index (κ2) is 3.50. The fourth-order valence-corrected chi connectivity index (χ4v) is 2.12. The Bertz CT molecular complexity index is 301. The molecule has 2 rings (SSSR count). The highest BCUT2D eigenvalue weighted by Gasteiger charge is 2.16. The smallest absolute Gasteiger partial charge is 0.106 e.